The van der Waals surface area contributed by atoms with E-state index in [1.807, 2.05) is 0 Å². The average molecular weight is 371 g/mol. The van der Waals surface area contributed by atoms with Crippen LogP contribution in [-0.4, -0.2) is 8.42 Å². The van der Waals surface area contributed by atoms with Gasteiger partial charge in [0.1, 0.15) is 0 Å². The molecule has 3 nitrogen and oxygen atoms in total. The lowest BCUT2D eigenvalue weighted by atomic mass is 10.1. The molecule has 0 heterocycles. The fourth-order valence-electron chi connectivity index (χ4n) is 2.36. The van der Waals surface area contributed by atoms with E-state index in [0.29, 0.717) is 0 Å². The van der Waals surface area contributed by atoms with Crippen molar-refractivity contribution in [2.24, 2.45) is 0 Å². The van der Waals surface area contributed by atoms with Crippen LogP contribution in [0.1, 0.15) is 37.3 Å². The van der Waals surface area contributed by atoms with E-state index in [-0.39, 0.29) is 10.6 Å². The Morgan fingerprint density at radius 3 is 2.04 bits per heavy atom. The predicted molar refractivity (Wildman–Crippen MR) is 91.9 cm³/mol. The van der Waals surface area contributed by atoms with Gasteiger partial charge in [-0.2, -0.15) is 13.2 Å². The van der Waals surface area contributed by atoms with Gasteiger partial charge in [-0.1, -0.05) is 31.9 Å². The van der Waals surface area contributed by atoms with E-state index >= 15 is 0 Å². The van der Waals surface area contributed by atoms with Crippen molar-refractivity contribution in [1.29, 1.82) is 0 Å². The average Bonchev–Trinajstić information content (AvgIpc) is 2.55. The fraction of sp³-hybridized carbons (Fsp3) is 0.333. The molecule has 0 atom stereocenters. The van der Waals surface area contributed by atoms with Gasteiger partial charge in [0.2, 0.25) is 0 Å². The summed E-state index contributed by atoms with van der Waals surface area (Å²) in [7, 11) is -3.83. The molecule has 0 amide bonds. The summed E-state index contributed by atoms with van der Waals surface area (Å²) >= 11 is 0. The lowest BCUT2D eigenvalue weighted by Crippen LogP contribution is -2.13. The van der Waals surface area contributed by atoms with E-state index in [4.69, 9.17) is 0 Å². The maximum absolute atomic E-state index is 12.5. The van der Waals surface area contributed by atoms with Gasteiger partial charge in [-0.3, -0.25) is 4.72 Å². The van der Waals surface area contributed by atoms with E-state index in [2.05, 4.69) is 11.6 Å². The Bertz CT molecular complexity index is 783. The Morgan fingerprint density at radius 2 is 1.52 bits per heavy atom. The van der Waals surface area contributed by atoms with Crippen LogP contribution >= 0.6 is 0 Å². The number of anilines is 1. The maximum Gasteiger partial charge on any atom is 0.416 e. The molecule has 0 spiro atoms. The number of hydrogen-bond donors (Lipinski definition) is 1. The molecule has 2 aromatic carbocycles. The van der Waals surface area contributed by atoms with Crippen molar-refractivity contribution in [3.63, 3.8) is 0 Å². The molecule has 2 aromatic rings. The number of sulfonamides is 1. The molecule has 0 radical (unpaired) electrons. The summed E-state index contributed by atoms with van der Waals surface area (Å²) in [6.07, 6.45) is -0.281. The van der Waals surface area contributed by atoms with Crippen LogP contribution in [0.4, 0.5) is 18.9 Å². The Labute approximate surface area is 145 Å². The second-order valence-corrected chi connectivity index (χ2v) is 7.46. The van der Waals surface area contributed by atoms with Crippen LogP contribution in [-0.2, 0) is 22.6 Å². The summed E-state index contributed by atoms with van der Waals surface area (Å²) in [5.74, 6) is 0. The monoisotopic (exact) mass is 371 g/mol. The minimum Gasteiger partial charge on any atom is -0.280 e. The first-order valence-corrected chi connectivity index (χ1v) is 9.50. The molecule has 0 fully saturated rings. The van der Waals surface area contributed by atoms with Crippen LogP contribution in [0.5, 0.6) is 0 Å². The normalized spacial score (nSPS) is 12.2. The van der Waals surface area contributed by atoms with E-state index in [1.165, 1.54) is 12.1 Å². The first-order valence-electron chi connectivity index (χ1n) is 8.01. The van der Waals surface area contributed by atoms with Gasteiger partial charge in [0.25, 0.3) is 10.0 Å². The third-order valence-corrected chi connectivity index (χ3v) is 5.16. The number of hydrogen-bond acceptors (Lipinski definition) is 2. The third kappa shape index (κ3) is 5.49. The van der Waals surface area contributed by atoms with E-state index in [9.17, 15) is 21.6 Å². The molecule has 0 aliphatic heterocycles. The van der Waals surface area contributed by atoms with Gasteiger partial charge in [-0.05, 0) is 54.8 Å². The Morgan fingerprint density at radius 1 is 0.920 bits per heavy atom. The third-order valence-electron chi connectivity index (χ3n) is 3.77. The Balaban J connectivity index is 2.08. The van der Waals surface area contributed by atoms with Gasteiger partial charge in [-0.15, -0.1) is 0 Å². The molecular weight excluding hydrogens is 351 g/mol. The first-order chi connectivity index (χ1) is 11.7. The first kappa shape index (κ1) is 19.3. The lowest BCUT2D eigenvalue weighted by molar-refractivity contribution is -0.137. The number of unbranched alkanes of at least 4 members (excludes halogenated alkanes) is 2. The smallest absolute Gasteiger partial charge is 0.280 e. The Kier molecular flexibility index (Phi) is 6.11. The maximum atomic E-state index is 12.5. The van der Waals surface area contributed by atoms with Crippen LogP contribution in [0.25, 0.3) is 0 Å². The van der Waals surface area contributed by atoms with Crippen molar-refractivity contribution < 1.29 is 21.6 Å². The van der Waals surface area contributed by atoms with Crippen LogP contribution < -0.4 is 4.72 Å². The molecule has 136 valence electrons. The van der Waals surface area contributed by atoms with Crippen LogP contribution in [0, 0.1) is 0 Å². The number of alkyl halides is 3. The molecule has 0 bridgehead atoms. The molecular formula is C18H20F3NO2S. The minimum absolute atomic E-state index is 0.0756. The summed E-state index contributed by atoms with van der Waals surface area (Å²) in [4.78, 5) is 0.0756. The fourth-order valence-corrected chi connectivity index (χ4v) is 3.41. The topological polar surface area (TPSA) is 46.2 Å². The molecule has 1 N–H and O–H groups in total. The highest BCUT2D eigenvalue weighted by Gasteiger charge is 2.30. The SMILES string of the molecule is CCCCCc1ccc(S(=O)(=O)Nc2ccc(C(F)(F)F)cc2)cc1. The van der Waals surface area contributed by atoms with Gasteiger partial charge in [0.05, 0.1) is 10.5 Å². The predicted octanol–water partition coefficient (Wildman–Crippen LogP) is 5.24. The molecule has 25 heavy (non-hydrogen) atoms. The van der Waals surface area contributed by atoms with Gasteiger partial charge in [-0.25, -0.2) is 8.42 Å². The van der Waals surface area contributed by atoms with Crippen molar-refractivity contribution in [3.05, 3.63) is 59.7 Å². The number of nitrogens with one attached hydrogen (secondary N) is 1. The quantitative estimate of drug-likeness (QED) is 0.677. The molecule has 0 saturated carbocycles. The summed E-state index contributed by atoms with van der Waals surface area (Å²) in [5, 5.41) is 0. The number of rotatable bonds is 7. The molecule has 7 heteroatoms. The molecule has 0 unspecified atom stereocenters. The van der Waals surface area contributed by atoms with Crippen molar-refractivity contribution in [2.75, 3.05) is 4.72 Å². The lowest BCUT2D eigenvalue weighted by Gasteiger charge is -2.11. The second kappa shape index (κ2) is 7.91. The molecule has 0 aromatic heterocycles. The van der Waals surface area contributed by atoms with Crippen molar-refractivity contribution in [3.8, 4) is 0 Å². The molecule has 0 aliphatic carbocycles. The minimum atomic E-state index is -4.45. The highest BCUT2D eigenvalue weighted by Crippen LogP contribution is 2.30. The summed E-state index contributed by atoms with van der Waals surface area (Å²) in [6, 6.07) is 10.4. The van der Waals surface area contributed by atoms with Gasteiger partial charge in [0.15, 0.2) is 0 Å². The highest BCUT2D eigenvalue weighted by molar-refractivity contribution is 7.92. The molecule has 2 rings (SSSR count). The molecule has 0 saturated heterocycles. The number of aryl methyl sites for hydroxylation is 1. The zero-order valence-corrected chi connectivity index (χ0v) is 14.6. The zero-order valence-electron chi connectivity index (χ0n) is 13.8. The van der Waals surface area contributed by atoms with Gasteiger partial charge >= 0.3 is 6.18 Å². The van der Waals surface area contributed by atoms with Crippen molar-refractivity contribution in [2.45, 2.75) is 43.7 Å². The largest absolute Gasteiger partial charge is 0.416 e. The standard InChI is InChI=1S/C18H20F3NO2S/c1-2-3-4-5-14-6-12-17(13-7-14)25(23,24)22-16-10-8-15(9-11-16)18(19,20)21/h6-13,22H,2-5H2,1H3. The number of halogens is 3. The van der Waals surface area contributed by atoms with Crippen LogP contribution in [0.2, 0.25) is 0 Å². The summed E-state index contributed by atoms with van der Waals surface area (Å²) < 4.78 is 64.5. The van der Waals surface area contributed by atoms with E-state index in [1.54, 1.807) is 12.1 Å². The zero-order chi connectivity index (χ0) is 18.5. The van der Waals surface area contributed by atoms with E-state index in [0.717, 1.165) is 55.5 Å². The summed E-state index contributed by atoms with van der Waals surface area (Å²) in [5.41, 5.74) is 0.314. The Hall–Kier alpha value is -2.02. The van der Waals surface area contributed by atoms with Crippen molar-refractivity contribution in [1.82, 2.24) is 0 Å². The summed E-state index contributed by atoms with van der Waals surface area (Å²) in [6.45, 7) is 2.11. The van der Waals surface area contributed by atoms with Crippen LogP contribution in [0.15, 0.2) is 53.4 Å². The van der Waals surface area contributed by atoms with Crippen molar-refractivity contribution >= 4 is 15.7 Å². The van der Waals surface area contributed by atoms with Crippen LogP contribution in [0.3, 0.4) is 0 Å². The second-order valence-electron chi connectivity index (χ2n) is 5.78. The van der Waals surface area contributed by atoms with Gasteiger partial charge in [0, 0.05) is 5.69 Å². The molecule has 0 aliphatic rings. The highest BCUT2D eigenvalue weighted by atomic mass is 32.2. The van der Waals surface area contributed by atoms with Gasteiger partial charge < -0.3 is 0 Å². The van der Waals surface area contributed by atoms with E-state index < -0.39 is 21.8 Å². The number of benzene rings is 2.